The van der Waals surface area contributed by atoms with Crippen LogP contribution in [-0.2, 0) is 0 Å². The van der Waals surface area contributed by atoms with E-state index in [2.05, 4.69) is 4.98 Å². The minimum atomic E-state index is -0.0800. The quantitative estimate of drug-likeness (QED) is 0.714. The van der Waals surface area contributed by atoms with E-state index >= 15 is 0 Å². The van der Waals surface area contributed by atoms with Gasteiger partial charge in [0, 0.05) is 31.1 Å². The average molecular weight is 395 g/mol. The largest absolute Gasteiger partial charge is 0.496 e. The molecule has 0 spiro atoms. The number of amides is 1. The van der Waals surface area contributed by atoms with E-state index in [9.17, 15) is 4.79 Å². The number of nitrogens with zero attached hydrogens (tertiary/aromatic N) is 2. The summed E-state index contributed by atoms with van der Waals surface area (Å²) in [6.07, 6.45) is 1.91. The number of methoxy groups -OCH3 is 3. The fourth-order valence-electron chi connectivity index (χ4n) is 3.92. The maximum atomic E-state index is 13.3. The number of ether oxygens (including phenoxy) is 3. The van der Waals surface area contributed by atoms with E-state index in [0.29, 0.717) is 35.9 Å². The monoisotopic (exact) mass is 395 g/mol. The summed E-state index contributed by atoms with van der Waals surface area (Å²) in [6.45, 7) is 1.31. The Morgan fingerprint density at radius 3 is 2.52 bits per heavy atom. The first-order valence-corrected chi connectivity index (χ1v) is 9.68. The minimum absolute atomic E-state index is 0.0800. The van der Waals surface area contributed by atoms with Crippen LogP contribution in [0.15, 0.2) is 36.4 Å². The number of fused-ring (bicyclic) bond motifs is 1. The van der Waals surface area contributed by atoms with Gasteiger partial charge in [-0.15, -0.1) is 0 Å². The summed E-state index contributed by atoms with van der Waals surface area (Å²) in [5.74, 6) is 2.53. The molecule has 2 aromatic carbocycles. The zero-order chi connectivity index (χ0) is 20.4. The number of benzene rings is 2. The Labute approximate surface area is 169 Å². The van der Waals surface area contributed by atoms with Gasteiger partial charge in [-0.05, 0) is 25.0 Å². The maximum Gasteiger partial charge on any atom is 0.257 e. The molecule has 1 saturated heterocycles. The highest BCUT2D eigenvalue weighted by Gasteiger charge is 2.29. The number of carbonyl (C=O) groups is 1. The summed E-state index contributed by atoms with van der Waals surface area (Å²) in [5.41, 5.74) is 2.44. The molecule has 7 nitrogen and oxygen atoms in total. The van der Waals surface area contributed by atoms with Crippen molar-refractivity contribution in [1.29, 1.82) is 0 Å². The molecule has 0 bridgehead atoms. The molecule has 1 atom stereocenters. The van der Waals surface area contributed by atoms with Gasteiger partial charge in [0.2, 0.25) is 0 Å². The van der Waals surface area contributed by atoms with Gasteiger partial charge in [0.25, 0.3) is 5.91 Å². The topological polar surface area (TPSA) is 76.7 Å². The summed E-state index contributed by atoms with van der Waals surface area (Å²) in [4.78, 5) is 23.3. The van der Waals surface area contributed by atoms with Crippen LogP contribution in [0, 0.1) is 0 Å². The average Bonchev–Trinajstić information content (AvgIpc) is 3.22. The summed E-state index contributed by atoms with van der Waals surface area (Å²) < 4.78 is 16.1. The lowest BCUT2D eigenvalue weighted by Crippen LogP contribution is -2.39. The fraction of sp³-hybridized carbons (Fsp3) is 0.364. The molecule has 7 heteroatoms. The summed E-state index contributed by atoms with van der Waals surface area (Å²) in [7, 11) is 4.66. The zero-order valence-corrected chi connectivity index (χ0v) is 16.9. The van der Waals surface area contributed by atoms with Crippen LogP contribution in [0.25, 0.3) is 11.0 Å². The Balaban J connectivity index is 1.60. The molecule has 0 unspecified atom stereocenters. The molecule has 1 aliphatic heterocycles. The normalized spacial score (nSPS) is 16.7. The van der Waals surface area contributed by atoms with Gasteiger partial charge in [-0.25, -0.2) is 4.98 Å². The molecule has 3 aromatic rings. The molecule has 0 aliphatic carbocycles. The van der Waals surface area contributed by atoms with Crippen molar-refractivity contribution < 1.29 is 19.0 Å². The predicted molar refractivity (Wildman–Crippen MR) is 110 cm³/mol. The SMILES string of the molecule is COc1cc(OC)c(C(=O)N2CCC[C@@H](c3nc4ccccc4[nH]3)C2)cc1OC. The number of para-hydroxylation sites is 2. The number of likely N-dealkylation sites (tertiary alicyclic amines) is 1. The first-order valence-electron chi connectivity index (χ1n) is 9.68. The van der Waals surface area contributed by atoms with Crippen LogP contribution in [0.1, 0.15) is 34.9 Å². The van der Waals surface area contributed by atoms with Gasteiger partial charge in [-0.1, -0.05) is 12.1 Å². The Kier molecular flexibility index (Phi) is 5.29. The van der Waals surface area contributed by atoms with Crippen molar-refractivity contribution >= 4 is 16.9 Å². The number of hydrogen-bond acceptors (Lipinski definition) is 5. The Bertz CT molecular complexity index is 997. The second-order valence-electron chi connectivity index (χ2n) is 7.14. The van der Waals surface area contributed by atoms with Crippen LogP contribution in [0.3, 0.4) is 0 Å². The number of aromatic nitrogens is 2. The number of piperidine rings is 1. The molecule has 2 heterocycles. The van der Waals surface area contributed by atoms with Crippen LogP contribution in [-0.4, -0.2) is 55.2 Å². The fourth-order valence-corrected chi connectivity index (χ4v) is 3.92. The third-order valence-electron chi connectivity index (χ3n) is 5.44. The highest BCUT2D eigenvalue weighted by atomic mass is 16.5. The Morgan fingerprint density at radius 2 is 1.79 bits per heavy atom. The Morgan fingerprint density at radius 1 is 1.07 bits per heavy atom. The number of H-pyrrole nitrogens is 1. The van der Waals surface area contributed by atoms with Crippen LogP contribution >= 0.6 is 0 Å². The third-order valence-corrected chi connectivity index (χ3v) is 5.44. The van der Waals surface area contributed by atoms with Crippen molar-refractivity contribution in [2.75, 3.05) is 34.4 Å². The van der Waals surface area contributed by atoms with Gasteiger partial charge in [-0.3, -0.25) is 4.79 Å². The molecular weight excluding hydrogens is 370 g/mol. The van der Waals surface area contributed by atoms with Crippen LogP contribution in [0.2, 0.25) is 0 Å². The third kappa shape index (κ3) is 3.60. The second kappa shape index (κ2) is 8.03. The smallest absolute Gasteiger partial charge is 0.257 e. The molecule has 1 amide bonds. The number of carbonyl (C=O) groups excluding carboxylic acids is 1. The van der Waals surface area contributed by atoms with Gasteiger partial charge >= 0.3 is 0 Å². The van der Waals surface area contributed by atoms with Gasteiger partial charge in [0.05, 0.1) is 37.9 Å². The minimum Gasteiger partial charge on any atom is -0.496 e. The number of nitrogens with one attached hydrogen (secondary N) is 1. The second-order valence-corrected chi connectivity index (χ2v) is 7.14. The number of imidazole rings is 1. The van der Waals surface area contributed by atoms with Crippen molar-refractivity contribution in [3.8, 4) is 17.2 Å². The van der Waals surface area contributed by atoms with Gasteiger partial charge < -0.3 is 24.1 Å². The number of rotatable bonds is 5. The lowest BCUT2D eigenvalue weighted by atomic mass is 9.96. The van der Waals surface area contributed by atoms with Crippen molar-refractivity contribution in [3.05, 3.63) is 47.8 Å². The molecular formula is C22H25N3O4. The van der Waals surface area contributed by atoms with Crippen molar-refractivity contribution in [2.24, 2.45) is 0 Å². The van der Waals surface area contributed by atoms with Crippen molar-refractivity contribution in [2.45, 2.75) is 18.8 Å². The molecule has 152 valence electrons. The van der Waals surface area contributed by atoms with Crippen molar-refractivity contribution in [1.82, 2.24) is 14.9 Å². The van der Waals surface area contributed by atoms with Gasteiger partial charge in [0.1, 0.15) is 11.6 Å². The van der Waals surface area contributed by atoms with Gasteiger partial charge in [-0.2, -0.15) is 0 Å². The highest BCUT2D eigenvalue weighted by Crippen LogP contribution is 2.36. The summed E-state index contributed by atoms with van der Waals surface area (Å²) >= 11 is 0. The predicted octanol–water partition coefficient (Wildman–Crippen LogP) is 3.61. The van der Waals surface area contributed by atoms with E-state index < -0.39 is 0 Å². The van der Waals surface area contributed by atoms with E-state index in [4.69, 9.17) is 19.2 Å². The molecule has 1 N–H and O–H groups in total. The van der Waals surface area contributed by atoms with E-state index in [1.807, 2.05) is 29.2 Å². The zero-order valence-electron chi connectivity index (χ0n) is 16.9. The highest BCUT2D eigenvalue weighted by molar-refractivity contribution is 5.98. The number of aromatic amines is 1. The number of hydrogen-bond donors (Lipinski definition) is 1. The maximum absolute atomic E-state index is 13.3. The summed E-state index contributed by atoms with van der Waals surface area (Å²) in [5, 5.41) is 0. The first-order chi connectivity index (χ1) is 14.1. The molecule has 4 rings (SSSR count). The van der Waals surface area contributed by atoms with E-state index in [-0.39, 0.29) is 11.8 Å². The van der Waals surface area contributed by atoms with Crippen LogP contribution in [0.5, 0.6) is 17.2 Å². The molecule has 0 saturated carbocycles. The van der Waals surface area contributed by atoms with E-state index in [1.54, 1.807) is 33.5 Å². The van der Waals surface area contributed by atoms with Gasteiger partial charge in [0.15, 0.2) is 11.5 Å². The molecule has 29 heavy (non-hydrogen) atoms. The molecule has 1 aliphatic rings. The Hall–Kier alpha value is -3.22. The van der Waals surface area contributed by atoms with E-state index in [1.165, 1.54) is 0 Å². The van der Waals surface area contributed by atoms with Crippen LogP contribution < -0.4 is 14.2 Å². The molecule has 1 aromatic heterocycles. The standard InChI is InChI=1S/C22H25N3O4/c1-27-18-12-20(29-3)19(28-2)11-15(18)22(26)25-10-6-7-14(13-25)21-23-16-8-4-5-9-17(16)24-21/h4-5,8-9,11-12,14H,6-7,10,13H2,1-3H3,(H,23,24)/t14-/m1/s1. The van der Waals surface area contributed by atoms with E-state index in [0.717, 1.165) is 29.7 Å². The van der Waals surface area contributed by atoms with Crippen molar-refractivity contribution in [3.63, 3.8) is 0 Å². The molecule has 0 radical (unpaired) electrons. The summed E-state index contributed by atoms with van der Waals surface area (Å²) in [6, 6.07) is 11.4. The first kappa shape index (κ1) is 19.1. The lowest BCUT2D eigenvalue weighted by molar-refractivity contribution is 0.0701. The van der Waals surface area contributed by atoms with Crippen LogP contribution in [0.4, 0.5) is 0 Å². The molecule has 1 fully saturated rings. The lowest BCUT2D eigenvalue weighted by Gasteiger charge is -2.32.